The average molecular weight is 499 g/mol. The number of anilines is 2. The predicted molar refractivity (Wildman–Crippen MR) is 133 cm³/mol. The quantitative estimate of drug-likeness (QED) is 0.163. The molecule has 11 nitrogen and oxygen atoms in total. The van der Waals surface area contributed by atoms with Gasteiger partial charge >= 0.3 is 6.01 Å². The van der Waals surface area contributed by atoms with Gasteiger partial charge in [-0.05, 0) is 24.3 Å². The van der Waals surface area contributed by atoms with Gasteiger partial charge in [0.1, 0.15) is 23.6 Å². The number of nitrogens with zero attached hydrogens (tertiary/aromatic N) is 3. The van der Waals surface area contributed by atoms with Gasteiger partial charge in [0, 0.05) is 30.8 Å². The standard InChI is InChI=1S/C26H21N5O6/c1-35-11-10-28-25-29-13-30-26(31-25)37-15-8-6-14(7-9-15)36-19-12-18(32)20-21(22(19)27)24(34)17-5-3-2-4-16(17)23(20)33/h2-9,12-13,32H,10-11,27H2,1H3,(H,28,29,30,31). The summed E-state index contributed by atoms with van der Waals surface area (Å²) >= 11 is 0. The van der Waals surface area contributed by atoms with Gasteiger partial charge in [0.05, 0.1) is 23.4 Å². The van der Waals surface area contributed by atoms with Crippen LogP contribution in [-0.4, -0.2) is 51.9 Å². The minimum Gasteiger partial charge on any atom is -0.507 e. The molecule has 0 atom stereocenters. The Morgan fingerprint density at radius 2 is 1.57 bits per heavy atom. The van der Waals surface area contributed by atoms with E-state index in [1.807, 2.05) is 0 Å². The maximum absolute atomic E-state index is 13.1. The second kappa shape index (κ2) is 9.91. The molecule has 0 spiro atoms. The number of carbonyl (C=O) groups is 2. The Bertz CT molecular complexity index is 1510. The van der Waals surface area contributed by atoms with E-state index in [0.29, 0.717) is 30.6 Å². The normalized spacial score (nSPS) is 12.0. The Morgan fingerprint density at radius 3 is 2.24 bits per heavy atom. The second-order valence-corrected chi connectivity index (χ2v) is 7.95. The van der Waals surface area contributed by atoms with Gasteiger partial charge in [-0.2, -0.15) is 9.97 Å². The smallest absolute Gasteiger partial charge is 0.326 e. The Balaban J connectivity index is 1.35. The highest BCUT2D eigenvalue weighted by molar-refractivity contribution is 6.31. The van der Waals surface area contributed by atoms with Gasteiger partial charge in [-0.1, -0.05) is 24.3 Å². The van der Waals surface area contributed by atoms with Crippen LogP contribution in [-0.2, 0) is 4.74 Å². The van der Waals surface area contributed by atoms with Crippen LogP contribution in [0.15, 0.2) is 60.9 Å². The lowest BCUT2D eigenvalue weighted by Gasteiger charge is -2.21. The predicted octanol–water partition coefficient (Wildman–Crippen LogP) is 3.58. The van der Waals surface area contributed by atoms with Crippen LogP contribution in [0.1, 0.15) is 31.8 Å². The fourth-order valence-electron chi connectivity index (χ4n) is 3.85. The van der Waals surface area contributed by atoms with Crippen molar-refractivity contribution in [1.82, 2.24) is 15.0 Å². The monoisotopic (exact) mass is 499 g/mol. The molecule has 3 aromatic carbocycles. The minimum atomic E-state index is -0.474. The summed E-state index contributed by atoms with van der Waals surface area (Å²) in [5, 5.41) is 13.6. The van der Waals surface area contributed by atoms with Crippen LogP contribution in [0.2, 0.25) is 0 Å². The van der Waals surface area contributed by atoms with Gasteiger partial charge in [-0.15, -0.1) is 0 Å². The van der Waals surface area contributed by atoms with E-state index < -0.39 is 17.3 Å². The number of nitrogen functional groups attached to an aromatic ring is 1. The third kappa shape index (κ3) is 4.62. The molecule has 0 fully saturated rings. The topological polar surface area (TPSA) is 159 Å². The van der Waals surface area contributed by atoms with Crippen LogP contribution in [0.4, 0.5) is 11.6 Å². The van der Waals surface area contributed by atoms with E-state index in [-0.39, 0.29) is 39.7 Å². The molecule has 4 N–H and O–H groups in total. The summed E-state index contributed by atoms with van der Waals surface area (Å²) in [4.78, 5) is 38.2. The van der Waals surface area contributed by atoms with Crippen LogP contribution in [0, 0.1) is 0 Å². The van der Waals surface area contributed by atoms with Crippen molar-refractivity contribution in [3.8, 4) is 29.0 Å². The molecule has 1 aliphatic rings. The van der Waals surface area contributed by atoms with Crippen LogP contribution in [0.25, 0.3) is 0 Å². The number of methoxy groups -OCH3 is 1. The van der Waals surface area contributed by atoms with E-state index >= 15 is 0 Å². The molecule has 37 heavy (non-hydrogen) atoms. The van der Waals surface area contributed by atoms with Crippen molar-refractivity contribution in [2.75, 3.05) is 31.3 Å². The van der Waals surface area contributed by atoms with Crippen molar-refractivity contribution in [1.29, 1.82) is 0 Å². The van der Waals surface area contributed by atoms with E-state index in [4.69, 9.17) is 19.9 Å². The Labute approximate surface area is 210 Å². The SMILES string of the molecule is COCCNc1ncnc(Oc2ccc(Oc3cc(O)c4c(c3N)C(=O)c3ccccc3C4=O)cc2)n1. The Morgan fingerprint density at radius 1 is 0.919 bits per heavy atom. The molecule has 5 rings (SSSR count). The molecule has 0 aliphatic heterocycles. The first kappa shape index (κ1) is 23.7. The number of fused-ring (bicyclic) bond motifs is 2. The van der Waals surface area contributed by atoms with Crippen molar-refractivity contribution in [3.05, 3.63) is 83.2 Å². The molecular weight excluding hydrogens is 478 g/mol. The van der Waals surface area contributed by atoms with Crippen LogP contribution in [0.5, 0.6) is 29.0 Å². The van der Waals surface area contributed by atoms with Crippen LogP contribution in [0.3, 0.4) is 0 Å². The summed E-state index contributed by atoms with van der Waals surface area (Å²) < 4.78 is 16.5. The van der Waals surface area contributed by atoms with E-state index in [1.165, 1.54) is 18.5 Å². The zero-order valence-electron chi connectivity index (χ0n) is 19.6. The van der Waals surface area contributed by atoms with Crippen LogP contribution < -0.4 is 20.5 Å². The molecule has 1 aliphatic carbocycles. The molecule has 1 aromatic heterocycles. The lowest BCUT2D eigenvalue weighted by atomic mass is 9.82. The fourth-order valence-corrected chi connectivity index (χ4v) is 3.85. The first-order valence-electron chi connectivity index (χ1n) is 11.2. The Hall–Kier alpha value is -5.03. The number of carbonyl (C=O) groups excluding carboxylic acids is 2. The number of aromatic hydroxyl groups is 1. The molecule has 0 amide bonds. The molecular formula is C26H21N5O6. The minimum absolute atomic E-state index is 0.0368. The highest BCUT2D eigenvalue weighted by Crippen LogP contribution is 2.42. The van der Waals surface area contributed by atoms with Crippen molar-refractivity contribution in [2.45, 2.75) is 0 Å². The average Bonchev–Trinajstić information content (AvgIpc) is 2.91. The third-order valence-electron chi connectivity index (χ3n) is 5.58. The molecule has 11 heteroatoms. The van der Waals surface area contributed by atoms with Crippen molar-refractivity contribution in [3.63, 3.8) is 0 Å². The molecule has 0 bridgehead atoms. The van der Waals surface area contributed by atoms with E-state index in [9.17, 15) is 14.7 Å². The highest BCUT2D eigenvalue weighted by atomic mass is 16.5. The second-order valence-electron chi connectivity index (χ2n) is 7.95. The molecule has 0 radical (unpaired) electrons. The highest BCUT2D eigenvalue weighted by Gasteiger charge is 2.35. The first-order valence-corrected chi connectivity index (χ1v) is 11.2. The number of ketones is 2. The number of phenolic OH excluding ortho intramolecular Hbond substituents is 1. The lowest BCUT2D eigenvalue weighted by Crippen LogP contribution is -2.22. The molecule has 1 heterocycles. The fraction of sp³-hybridized carbons (Fsp3) is 0.115. The van der Waals surface area contributed by atoms with Crippen molar-refractivity contribution >= 4 is 23.2 Å². The number of rotatable bonds is 8. The number of ether oxygens (including phenoxy) is 3. The number of phenols is 1. The number of nitrogens with one attached hydrogen (secondary N) is 1. The molecule has 186 valence electrons. The summed E-state index contributed by atoms with van der Waals surface area (Å²) in [5.41, 5.74) is 6.43. The maximum Gasteiger partial charge on any atom is 0.326 e. The van der Waals surface area contributed by atoms with E-state index in [0.717, 1.165) is 0 Å². The molecule has 0 unspecified atom stereocenters. The Kier molecular flexibility index (Phi) is 6.35. The number of benzene rings is 3. The molecule has 4 aromatic rings. The number of aromatic nitrogens is 3. The number of nitrogens with two attached hydrogens (primary N) is 1. The molecule has 0 saturated heterocycles. The zero-order chi connectivity index (χ0) is 25.9. The van der Waals surface area contributed by atoms with Crippen LogP contribution >= 0.6 is 0 Å². The summed E-state index contributed by atoms with van der Waals surface area (Å²) in [6, 6.07) is 14.2. The van der Waals surface area contributed by atoms with Gasteiger partial charge in [-0.3, -0.25) is 9.59 Å². The third-order valence-corrected chi connectivity index (χ3v) is 5.58. The summed E-state index contributed by atoms with van der Waals surface area (Å²) in [6.07, 6.45) is 1.32. The van der Waals surface area contributed by atoms with E-state index in [2.05, 4.69) is 20.3 Å². The number of hydrogen-bond donors (Lipinski definition) is 3. The van der Waals surface area contributed by atoms with Gasteiger partial charge in [0.15, 0.2) is 17.3 Å². The van der Waals surface area contributed by atoms with Crippen molar-refractivity contribution < 1.29 is 28.9 Å². The largest absolute Gasteiger partial charge is 0.507 e. The maximum atomic E-state index is 13.1. The van der Waals surface area contributed by atoms with Gasteiger partial charge in [0.2, 0.25) is 5.95 Å². The van der Waals surface area contributed by atoms with Gasteiger partial charge in [-0.25, -0.2) is 4.98 Å². The first-order chi connectivity index (χ1) is 18.0. The summed E-state index contributed by atoms with van der Waals surface area (Å²) in [7, 11) is 1.60. The molecule has 0 saturated carbocycles. The number of hydrogen-bond acceptors (Lipinski definition) is 11. The van der Waals surface area contributed by atoms with E-state index in [1.54, 1.807) is 49.6 Å². The van der Waals surface area contributed by atoms with Gasteiger partial charge in [0.25, 0.3) is 0 Å². The zero-order valence-corrected chi connectivity index (χ0v) is 19.6. The lowest BCUT2D eigenvalue weighted by molar-refractivity contribution is 0.0977. The van der Waals surface area contributed by atoms with Gasteiger partial charge < -0.3 is 30.4 Å². The van der Waals surface area contributed by atoms with Crippen molar-refractivity contribution in [2.24, 2.45) is 0 Å². The summed E-state index contributed by atoms with van der Waals surface area (Å²) in [6.45, 7) is 1.02. The summed E-state index contributed by atoms with van der Waals surface area (Å²) in [5.74, 6) is -0.156.